The normalized spacial score (nSPS) is 13.3. The molecule has 3 aromatic rings. The summed E-state index contributed by atoms with van der Waals surface area (Å²) >= 11 is 6.25. The zero-order chi connectivity index (χ0) is 21.5. The molecule has 0 unspecified atom stereocenters. The van der Waals surface area contributed by atoms with Crippen LogP contribution < -0.4 is 15.7 Å². The molecular formula is C21H15ClF3NO4. The quantitative estimate of drug-likeness (QED) is 0.585. The number of anilines is 1. The maximum Gasteiger partial charge on any atom is 0.418 e. The average Bonchev–Trinajstić information content (AvgIpc) is 3.18. The van der Waals surface area contributed by atoms with Gasteiger partial charge in [-0.1, -0.05) is 23.7 Å². The molecule has 4 rings (SSSR count). The van der Waals surface area contributed by atoms with Gasteiger partial charge in [0.05, 0.1) is 16.3 Å². The molecule has 2 aromatic carbocycles. The van der Waals surface area contributed by atoms with Crippen LogP contribution in [0.3, 0.4) is 0 Å². The number of aryl methyl sites for hydroxylation is 1. The minimum absolute atomic E-state index is 0.0875. The maximum atomic E-state index is 13.0. The van der Waals surface area contributed by atoms with Crippen LogP contribution in [0.4, 0.5) is 18.9 Å². The van der Waals surface area contributed by atoms with Crippen LogP contribution in [0.15, 0.2) is 45.6 Å². The molecule has 0 spiro atoms. The van der Waals surface area contributed by atoms with Crippen molar-refractivity contribution in [2.24, 2.45) is 0 Å². The number of fused-ring (bicyclic) bond motifs is 3. The molecule has 0 radical (unpaired) electrons. The van der Waals surface area contributed by atoms with E-state index in [1.54, 1.807) is 6.07 Å². The van der Waals surface area contributed by atoms with Gasteiger partial charge in [0.1, 0.15) is 11.3 Å². The van der Waals surface area contributed by atoms with Gasteiger partial charge in [0.2, 0.25) is 0 Å². The van der Waals surface area contributed by atoms with Gasteiger partial charge in [-0.15, -0.1) is 0 Å². The van der Waals surface area contributed by atoms with E-state index in [2.05, 4.69) is 5.32 Å². The highest BCUT2D eigenvalue weighted by Gasteiger charge is 2.33. The Balaban J connectivity index is 1.53. The molecule has 0 aliphatic heterocycles. The number of ether oxygens (including phenoxy) is 1. The number of hydrogen-bond donors (Lipinski definition) is 1. The van der Waals surface area contributed by atoms with Crippen molar-refractivity contribution < 1.29 is 27.1 Å². The lowest BCUT2D eigenvalue weighted by Crippen LogP contribution is -2.22. The van der Waals surface area contributed by atoms with Crippen molar-refractivity contribution >= 4 is 34.2 Å². The third kappa shape index (κ3) is 3.87. The summed E-state index contributed by atoms with van der Waals surface area (Å²) in [7, 11) is 0. The number of nitrogens with one attached hydrogen (secondary N) is 1. The van der Waals surface area contributed by atoms with Crippen molar-refractivity contribution in [3.05, 3.63) is 68.5 Å². The van der Waals surface area contributed by atoms with Crippen LogP contribution in [-0.2, 0) is 23.8 Å². The number of hydrogen-bond acceptors (Lipinski definition) is 4. The highest BCUT2D eigenvalue weighted by atomic mass is 35.5. The van der Waals surface area contributed by atoms with Crippen LogP contribution in [0.1, 0.15) is 23.1 Å². The number of benzene rings is 2. The van der Waals surface area contributed by atoms with Crippen LogP contribution in [0.5, 0.6) is 5.75 Å². The number of carbonyl (C=O) groups is 1. The first-order chi connectivity index (χ1) is 14.2. The van der Waals surface area contributed by atoms with Gasteiger partial charge in [-0.3, -0.25) is 4.79 Å². The third-order valence-electron chi connectivity index (χ3n) is 4.89. The summed E-state index contributed by atoms with van der Waals surface area (Å²) in [5.41, 5.74) is 0.0845. The molecule has 1 aliphatic rings. The van der Waals surface area contributed by atoms with Crippen LogP contribution >= 0.6 is 11.6 Å². The van der Waals surface area contributed by atoms with E-state index in [1.807, 2.05) is 0 Å². The molecule has 156 valence electrons. The predicted octanol–water partition coefficient (Wildman–Crippen LogP) is 4.97. The lowest BCUT2D eigenvalue weighted by atomic mass is 10.1. The van der Waals surface area contributed by atoms with Crippen molar-refractivity contribution in [3.63, 3.8) is 0 Å². The first-order valence-electron chi connectivity index (χ1n) is 9.11. The standard InChI is InChI=1S/C21H15ClF3NO4/c22-15-8-13-11-4-3-5-12(11)20(28)30-17(13)9-18(15)29-10-19(27)26-16-7-2-1-6-14(16)21(23,24)25/h1-2,6-9H,3-5,10H2,(H,26,27). The number of alkyl halides is 3. The molecular weight excluding hydrogens is 423 g/mol. The number of halogens is 4. The smallest absolute Gasteiger partial charge is 0.418 e. The molecule has 0 saturated heterocycles. The summed E-state index contributed by atoms with van der Waals surface area (Å²) in [5, 5.41) is 3.10. The molecule has 9 heteroatoms. The molecule has 0 saturated carbocycles. The highest BCUT2D eigenvalue weighted by Crippen LogP contribution is 2.36. The van der Waals surface area contributed by atoms with Gasteiger partial charge in [0.25, 0.3) is 5.91 Å². The summed E-state index contributed by atoms with van der Waals surface area (Å²) in [6.07, 6.45) is -2.35. The van der Waals surface area contributed by atoms with Crippen molar-refractivity contribution in [2.45, 2.75) is 25.4 Å². The molecule has 0 bridgehead atoms. The molecule has 0 atom stereocenters. The lowest BCUT2D eigenvalue weighted by Gasteiger charge is -2.14. The van der Waals surface area contributed by atoms with Crippen LogP contribution in [-0.4, -0.2) is 12.5 Å². The zero-order valence-electron chi connectivity index (χ0n) is 15.4. The van der Waals surface area contributed by atoms with E-state index in [0.717, 1.165) is 30.5 Å². The van der Waals surface area contributed by atoms with E-state index in [1.165, 1.54) is 18.2 Å². The third-order valence-corrected chi connectivity index (χ3v) is 5.19. The number of amides is 1. The van der Waals surface area contributed by atoms with E-state index >= 15 is 0 Å². The Bertz CT molecular complexity index is 1200. The highest BCUT2D eigenvalue weighted by molar-refractivity contribution is 6.32. The summed E-state index contributed by atoms with van der Waals surface area (Å²) in [6, 6.07) is 7.65. The topological polar surface area (TPSA) is 68.5 Å². The second-order valence-electron chi connectivity index (χ2n) is 6.86. The van der Waals surface area contributed by atoms with Crippen molar-refractivity contribution in [3.8, 4) is 5.75 Å². The van der Waals surface area contributed by atoms with Gasteiger partial charge in [-0.25, -0.2) is 4.79 Å². The van der Waals surface area contributed by atoms with Crippen LogP contribution in [0.2, 0.25) is 5.02 Å². The Hall–Kier alpha value is -3.00. The molecule has 5 nitrogen and oxygen atoms in total. The molecule has 1 aliphatic carbocycles. The molecule has 1 heterocycles. The van der Waals surface area contributed by atoms with Gasteiger partial charge >= 0.3 is 11.8 Å². The van der Waals surface area contributed by atoms with Crippen LogP contribution in [0.25, 0.3) is 11.0 Å². The molecule has 0 fully saturated rings. The Morgan fingerprint density at radius 1 is 1.17 bits per heavy atom. The monoisotopic (exact) mass is 437 g/mol. The van der Waals surface area contributed by atoms with Crippen molar-refractivity contribution in [1.82, 2.24) is 0 Å². The minimum atomic E-state index is -4.61. The zero-order valence-corrected chi connectivity index (χ0v) is 16.2. The van der Waals surface area contributed by atoms with Gasteiger partial charge in [0, 0.05) is 17.0 Å². The SMILES string of the molecule is O=C(COc1cc2oc(=O)c3c(c2cc1Cl)CCC3)Nc1ccccc1C(F)(F)F. The maximum absolute atomic E-state index is 13.0. The first-order valence-corrected chi connectivity index (χ1v) is 9.49. The fourth-order valence-electron chi connectivity index (χ4n) is 3.56. The van der Waals surface area contributed by atoms with E-state index in [-0.39, 0.29) is 22.0 Å². The summed E-state index contributed by atoms with van der Waals surface area (Å²) in [5.74, 6) is -0.706. The summed E-state index contributed by atoms with van der Waals surface area (Å²) in [6.45, 7) is -0.577. The second-order valence-corrected chi connectivity index (χ2v) is 7.27. The summed E-state index contributed by atoms with van der Waals surface area (Å²) in [4.78, 5) is 24.2. The van der Waals surface area contributed by atoms with Gasteiger partial charge < -0.3 is 14.5 Å². The molecule has 1 aromatic heterocycles. The van der Waals surface area contributed by atoms with E-state index in [9.17, 15) is 22.8 Å². The Morgan fingerprint density at radius 2 is 1.90 bits per heavy atom. The van der Waals surface area contributed by atoms with Crippen molar-refractivity contribution in [1.29, 1.82) is 0 Å². The number of carbonyl (C=O) groups excluding carboxylic acids is 1. The molecule has 1 amide bonds. The largest absolute Gasteiger partial charge is 0.482 e. The van der Waals surface area contributed by atoms with E-state index < -0.39 is 29.9 Å². The Morgan fingerprint density at radius 3 is 2.67 bits per heavy atom. The predicted molar refractivity (Wildman–Crippen MR) is 105 cm³/mol. The minimum Gasteiger partial charge on any atom is -0.482 e. The average molecular weight is 438 g/mol. The Labute approximate surface area is 173 Å². The second kappa shape index (κ2) is 7.68. The molecule has 1 N–H and O–H groups in total. The number of para-hydroxylation sites is 1. The van der Waals surface area contributed by atoms with E-state index in [4.69, 9.17) is 20.8 Å². The van der Waals surface area contributed by atoms with Crippen molar-refractivity contribution in [2.75, 3.05) is 11.9 Å². The first kappa shape index (κ1) is 20.3. The van der Waals surface area contributed by atoms with Gasteiger partial charge in [-0.2, -0.15) is 13.2 Å². The van der Waals surface area contributed by atoms with E-state index in [0.29, 0.717) is 17.4 Å². The Kier molecular flexibility index (Phi) is 5.19. The fourth-order valence-corrected chi connectivity index (χ4v) is 3.78. The molecule has 30 heavy (non-hydrogen) atoms. The van der Waals surface area contributed by atoms with Gasteiger partial charge in [0.15, 0.2) is 6.61 Å². The fraction of sp³-hybridized carbons (Fsp3) is 0.238. The number of rotatable bonds is 4. The van der Waals surface area contributed by atoms with Crippen LogP contribution in [0, 0.1) is 0 Å². The summed E-state index contributed by atoms with van der Waals surface area (Å²) < 4.78 is 49.8. The van der Waals surface area contributed by atoms with Gasteiger partial charge in [-0.05, 0) is 43.0 Å². The lowest BCUT2D eigenvalue weighted by molar-refractivity contribution is -0.137.